The van der Waals surface area contributed by atoms with Crippen LogP contribution in [0.4, 0.5) is 5.69 Å². The van der Waals surface area contributed by atoms with Crippen molar-refractivity contribution in [2.24, 2.45) is 5.14 Å². The fourth-order valence-corrected chi connectivity index (χ4v) is 4.90. The fraction of sp³-hybridized carbons (Fsp3) is 0.381. The molecule has 0 amide bonds. The number of rotatable bonds is 7. The minimum absolute atomic E-state index is 0.0443. The van der Waals surface area contributed by atoms with Crippen molar-refractivity contribution in [3.05, 3.63) is 59.7 Å². The van der Waals surface area contributed by atoms with Crippen molar-refractivity contribution in [2.75, 3.05) is 37.6 Å². The van der Waals surface area contributed by atoms with Gasteiger partial charge in [-0.25, -0.2) is 9.35 Å². The monoisotopic (exact) mass is 417 g/mol. The zero-order chi connectivity index (χ0) is 20.1. The molecule has 0 aromatic heterocycles. The Morgan fingerprint density at radius 2 is 1.79 bits per heavy atom. The SMILES string of the molecule is Cc1ccc(C(=O)CCCN2CCN(c3ccccc3)CC2)cc1S(N)(=O)=S. The second-order valence-corrected chi connectivity index (χ2v) is 10.2. The number of carbonyl (C=O) groups excluding carboxylic acids is 1. The third-order valence-electron chi connectivity index (χ3n) is 5.19. The average molecular weight is 418 g/mol. The lowest BCUT2D eigenvalue weighted by atomic mass is 10.0. The van der Waals surface area contributed by atoms with Gasteiger partial charge in [0, 0.05) is 55.0 Å². The van der Waals surface area contributed by atoms with Crippen LogP contribution in [0.5, 0.6) is 0 Å². The van der Waals surface area contributed by atoms with Crippen molar-refractivity contribution in [1.82, 2.24) is 4.90 Å². The number of aryl methyl sites for hydroxylation is 1. The Balaban J connectivity index is 1.48. The van der Waals surface area contributed by atoms with Crippen LogP contribution in [-0.2, 0) is 19.9 Å². The Kier molecular flexibility index (Phi) is 6.82. The Bertz CT molecular complexity index is 922. The van der Waals surface area contributed by atoms with Crippen molar-refractivity contribution in [2.45, 2.75) is 24.7 Å². The minimum atomic E-state index is -2.99. The van der Waals surface area contributed by atoms with Gasteiger partial charge in [0.25, 0.3) is 0 Å². The summed E-state index contributed by atoms with van der Waals surface area (Å²) in [7, 11) is -2.99. The van der Waals surface area contributed by atoms with E-state index in [0.29, 0.717) is 16.9 Å². The van der Waals surface area contributed by atoms with Crippen LogP contribution in [0.2, 0.25) is 0 Å². The highest BCUT2D eigenvalue weighted by atomic mass is 32.8. The quantitative estimate of drug-likeness (QED) is 0.702. The molecule has 0 spiro atoms. The third kappa shape index (κ3) is 5.38. The number of carbonyl (C=O) groups is 1. The highest BCUT2D eigenvalue weighted by Crippen LogP contribution is 2.18. The van der Waals surface area contributed by atoms with Gasteiger partial charge >= 0.3 is 0 Å². The van der Waals surface area contributed by atoms with Crippen LogP contribution in [0, 0.1) is 6.92 Å². The summed E-state index contributed by atoms with van der Waals surface area (Å²) in [6, 6.07) is 15.6. The summed E-state index contributed by atoms with van der Waals surface area (Å²) >= 11 is 4.89. The largest absolute Gasteiger partial charge is 0.369 e. The molecule has 2 N–H and O–H groups in total. The van der Waals surface area contributed by atoms with Crippen LogP contribution >= 0.6 is 0 Å². The highest BCUT2D eigenvalue weighted by Gasteiger charge is 2.18. The van der Waals surface area contributed by atoms with Gasteiger partial charge in [-0.3, -0.25) is 9.69 Å². The third-order valence-corrected chi connectivity index (χ3v) is 6.78. The number of benzene rings is 2. The molecule has 0 aliphatic carbocycles. The second kappa shape index (κ2) is 9.13. The summed E-state index contributed by atoms with van der Waals surface area (Å²) < 4.78 is 12.0. The molecule has 0 radical (unpaired) electrons. The molecule has 1 aliphatic rings. The van der Waals surface area contributed by atoms with Gasteiger partial charge in [-0.05, 0) is 43.7 Å². The predicted molar refractivity (Wildman–Crippen MR) is 118 cm³/mol. The summed E-state index contributed by atoms with van der Waals surface area (Å²) in [5.74, 6) is 0.0443. The van der Waals surface area contributed by atoms with Crippen LogP contribution < -0.4 is 10.0 Å². The molecular weight excluding hydrogens is 390 g/mol. The number of nitrogens with zero attached hydrogens (tertiary/aromatic N) is 2. The van der Waals surface area contributed by atoms with Gasteiger partial charge in [0.1, 0.15) is 8.68 Å². The summed E-state index contributed by atoms with van der Waals surface area (Å²) in [4.78, 5) is 17.7. The van der Waals surface area contributed by atoms with E-state index < -0.39 is 8.68 Å². The van der Waals surface area contributed by atoms with Crippen molar-refractivity contribution in [3.8, 4) is 0 Å². The summed E-state index contributed by atoms with van der Waals surface area (Å²) in [6.07, 6.45) is 1.27. The lowest BCUT2D eigenvalue weighted by Crippen LogP contribution is -2.46. The number of Topliss-reactive ketones (excluding diaryl/α,β-unsaturated/α-hetero) is 1. The van der Waals surface area contributed by atoms with Crippen LogP contribution in [0.3, 0.4) is 0 Å². The number of hydrogen-bond donors (Lipinski definition) is 1. The molecule has 150 valence electrons. The molecule has 2 aromatic carbocycles. The van der Waals surface area contributed by atoms with Gasteiger partial charge < -0.3 is 4.90 Å². The highest BCUT2D eigenvalue weighted by molar-refractivity contribution is 8.31. The molecule has 0 saturated carbocycles. The smallest absolute Gasteiger partial charge is 0.162 e. The van der Waals surface area contributed by atoms with Crippen molar-refractivity contribution >= 4 is 31.3 Å². The van der Waals surface area contributed by atoms with Crippen LogP contribution in [0.1, 0.15) is 28.8 Å². The maximum atomic E-state index is 12.5. The normalized spacial score (nSPS) is 17.3. The van der Waals surface area contributed by atoms with E-state index in [-0.39, 0.29) is 5.78 Å². The van der Waals surface area contributed by atoms with E-state index >= 15 is 0 Å². The Hall–Kier alpha value is -1.80. The lowest BCUT2D eigenvalue weighted by molar-refractivity contribution is 0.0974. The molecule has 2 aromatic rings. The van der Waals surface area contributed by atoms with E-state index in [4.69, 9.17) is 16.3 Å². The minimum Gasteiger partial charge on any atom is -0.369 e. The van der Waals surface area contributed by atoms with E-state index in [1.807, 2.05) is 6.07 Å². The first-order chi connectivity index (χ1) is 13.3. The predicted octanol–water partition coefficient (Wildman–Crippen LogP) is 2.76. The van der Waals surface area contributed by atoms with Crippen LogP contribution in [-0.4, -0.2) is 47.6 Å². The Morgan fingerprint density at radius 3 is 2.43 bits per heavy atom. The zero-order valence-electron chi connectivity index (χ0n) is 16.2. The van der Waals surface area contributed by atoms with Crippen LogP contribution in [0.15, 0.2) is 53.4 Å². The molecular formula is C21H27N3O2S2. The number of ketones is 1. The summed E-state index contributed by atoms with van der Waals surface area (Å²) in [6.45, 7) is 6.72. The topological polar surface area (TPSA) is 66.6 Å². The number of nitrogens with two attached hydrogens (primary N) is 1. The molecule has 28 heavy (non-hydrogen) atoms. The number of piperazine rings is 1. The molecule has 1 saturated heterocycles. The van der Waals surface area contributed by atoms with Gasteiger partial charge in [0.05, 0.1) is 4.90 Å². The van der Waals surface area contributed by atoms with Gasteiger partial charge in [-0.1, -0.05) is 30.3 Å². The molecule has 7 heteroatoms. The first kappa shape index (κ1) is 20.9. The van der Waals surface area contributed by atoms with Crippen molar-refractivity contribution < 1.29 is 9.00 Å². The summed E-state index contributed by atoms with van der Waals surface area (Å²) in [5.41, 5.74) is 2.57. The fourth-order valence-electron chi connectivity index (χ4n) is 3.56. The van der Waals surface area contributed by atoms with Gasteiger partial charge in [-0.15, -0.1) is 0 Å². The van der Waals surface area contributed by atoms with E-state index in [0.717, 1.165) is 44.7 Å². The first-order valence-corrected chi connectivity index (χ1v) is 12.1. The number of anilines is 1. The average Bonchev–Trinajstić information content (AvgIpc) is 2.68. The van der Waals surface area contributed by atoms with Gasteiger partial charge in [-0.2, -0.15) is 0 Å². The maximum absolute atomic E-state index is 12.5. The second-order valence-electron chi connectivity index (χ2n) is 7.22. The number of para-hydroxylation sites is 1. The Morgan fingerprint density at radius 1 is 1.11 bits per heavy atom. The molecule has 0 bridgehead atoms. The standard InChI is InChI=1S/C21H27N3O2S2/c1-17-9-10-18(16-21(17)28(22,26)27)20(25)8-5-11-23-12-14-24(15-13-23)19-6-3-2-4-7-19/h2-4,6-7,9-10,16H,5,8,11-15H2,1H3,(H2,22,26,27). The molecule has 1 atom stereocenters. The molecule has 1 unspecified atom stereocenters. The summed E-state index contributed by atoms with van der Waals surface area (Å²) in [5, 5.41) is 5.60. The molecule has 1 aliphatic heterocycles. The Labute approximate surface area is 172 Å². The van der Waals surface area contributed by atoms with E-state index in [1.165, 1.54) is 5.69 Å². The van der Waals surface area contributed by atoms with Crippen molar-refractivity contribution in [3.63, 3.8) is 0 Å². The molecule has 3 rings (SSSR count). The van der Waals surface area contributed by atoms with Crippen LogP contribution in [0.25, 0.3) is 0 Å². The molecule has 1 heterocycles. The number of hydrogen-bond acceptors (Lipinski definition) is 5. The zero-order valence-corrected chi connectivity index (χ0v) is 17.8. The first-order valence-electron chi connectivity index (χ1n) is 9.53. The van der Waals surface area contributed by atoms with E-state index in [2.05, 4.69) is 34.1 Å². The van der Waals surface area contributed by atoms with Crippen molar-refractivity contribution in [1.29, 1.82) is 0 Å². The lowest BCUT2D eigenvalue weighted by Gasteiger charge is -2.36. The van der Waals surface area contributed by atoms with E-state index in [9.17, 15) is 9.00 Å². The molecule has 1 fully saturated rings. The van der Waals surface area contributed by atoms with Gasteiger partial charge in [0.15, 0.2) is 5.78 Å². The van der Waals surface area contributed by atoms with Gasteiger partial charge in [0.2, 0.25) is 0 Å². The molecule has 5 nitrogen and oxygen atoms in total. The van der Waals surface area contributed by atoms with E-state index in [1.54, 1.807) is 25.1 Å². The maximum Gasteiger partial charge on any atom is 0.162 e.